The molecular formula is C19H27NO3. The molecule has 0 N–H and O–H groups in total. The zero-order chi connectivity index (χ0) is 16.2. The molecule has 126 valence electrons. The Bertz CT molecular complexity index is 554. The summed E-state index contributed by atoms with van der Waals surface area (Å²) in [7, 11) is 1.92. The van der Waals surface area contributed by atoms with Crippen molar-refractivity contribution in [2.45, 2.75) is 44.9 Å². The van der Waals surface area contributed by atoms with E-state index < -0.39 is 0 Å². The summed E-state index contributed by atoms with van der Waals surface area (Å²) in [6, 6.07) is 6.18. The molecular weight excluding hydrogens is 290 g/mol. The number of nitrogens with zero attached hydrogens (tertiary/aromatic N) is 1. The van der Waals surface area contributed by atoms with Gasteiger partial charge in [-0.3, -0.25) is 4.79 Å². The summed E-state index contributed by atoms with van der Waals surface area (Å²) in [5.74, 6) is 2.85. The van der Waals surface area contributed by atoms with Crippen LogP contribution in [0.15, 0.2) is 18.2 Å². The van der Waals surface area contributed by atoms with Crippen molar-refractivity contribution in [2.24, 2.45) is 5.92 Å². The van der Waals surface area contributed by atoms with Crippen LogP contribution >= 0.6 is 0 Å². The molecule has 1 aromatic carbocycles. The lowest BCUT2D eigenvalue weighted by Gasteiger charge is -2.24. The van der Waals surface area contributed by atoms with Crippen LogP contribution in [-0.4, -0.2) is 37.6 Å². The first-order chi connectivity index (χ1) is 11.2. The van der Waals surface area contributed by atoms with Crippen molar-refractivity contribution in [1.82, 2.24) is 4.90 Å². The molecule has 0 aromatic heterocycles. The summed E-state index contributed by atoms with van der Waals surface area (Å²) in [6.07, 6.45) is 5.24. The maximum absolute atomic E-state index is 12.5. The predicted octanol–water partition coefficient (Wildman–Crippen LogP) is 3.60. The smallest absolute Gasteiger partial charge is 0.222 e. The molecule has 1 amide bonds. The topological polar surface area (TPSA) is 38.8 Å². The molecule has 1 aliphatic carbocycles. The van der Waals surface area contributed by atoms with E-state index in [1.54, 1.807) is 0 Å². The van der Waals surface area contributed by atoms with Gasteiger partial charge in [-0.2, -0.15) is 0 Å². The fraction of sp³-hybridized carbons (Fsp3) is 0.632. The van der Waals surface area contributed by atoms with Gasteiger partial charge >= 0.3 is 0 Å². The Labute approximate surface area is 138 Å². The number of benzene rings is 1. The number of fused-ring (bicyclic) bond motifs is 1. The van der Waals surface area contributed by atoms with Gasteiger partial charge in [0.15, 0.2) is 11.5 Å². The molecule has 1 unspecified atom stereocenters. The van der Waals surface area contributed by atoms with Gasteiger partial charge in [0.05, 0.1) is 0 Å². The second kappa shape index (κ2) is 7.24. The van der Waals surface area contributed by atoms with Crippen molar-refractivity contribution in [3.63, 3.8) is 0 Å². The van der Waals surface area contributed by atoms with E-state index in [9.17, 15) is 4.79 Å². The maximum Gasteiger partial charge on any atom is 0.222 e. The molecule has 1 fully saturated rings. The Balaban J connectivity index is 1.70. The fourth-order valence-corrected chi connectivity index (χ4v) is 3.21. The van der Waals surface area contributed by atoms with Crippen molar-refractivity contribution < 1.29 is 14.3 Å². The molecule has 2 aliphatic rings. The number of carbonyl (C=O) groups is 1. The summed E-state index contributed by atoms with van der Waals surface area (Å²) < 4.78 is 11.3. The van der Waals surface area contributed by atoms with E-state index in [0.29, 0.717) is 31.5 Å². The minimum Gasteiger partial charge on any atom is -0.486 e. The Morgan fingerprint density at radius 3 is 2.70 bits per heavy atom. The van der Waals surface area contributed by atoms with Crippen molar-refractivity contribution in [2.75, 3.05) is 26.8 Å². The van der Waals surface area contributed by atoms with E-state index in [1.165, 1.54) is 18.4 Å². The SMILES string of the molecule is CCCCN(C)C(=O)CC(c1ccc2c(c1)OCCO2)C1CC1. The lowest BCUT2D eigenvalue weighted by molar-refractivity contribution is -0.130. The van der Waals surface area contributed by atoms with Gasteiger partial charge in [0.25, 0.3) is 0 Å². The summed E-state index contributed by atoms with van der Waals surface area (Å²) in [6.45, 7) is 4.22. The molecule has 0 bridgehead atoms. The fourth-order valence-electron chi connectivity index (χ4n) is 3.21. The zero-order valence-electron chi connectivity index (χ0n) is 14.2. The first kappa shape index (κ1) is 16.2. The highest BCUT2D eigenvalue weighted by Crippen LogP contribution is 2.46. The number of hydrogen-bond donors (Lipinski definition) is 0. The molecule has 0 spiro atoms. The van der Waals surface area contributed by atoms with E-state index in [2.05, 4.69) is 19.1 Å². The molecule has 0 saturated heterocycles. The molecule has 4 nitrogen and oxygen atoms in total. The first-order valence-electron chi connectivity index (χ1n) is 8.82. The first-order valence-corrected chi connectivity index (χ1v) is 8.82. The van der Waals surface area contributed by atoms with Crippen molar-refractivity contribution >= 4 is 5.91 Å². The third-order valence-electron chi connectivity index (χ3n) is 4.85. The molecule has 3 rings (SSSR count). The van der Waals surface area contributed by atoms with Crippen LogP contribution in [-0.2, 0) is 4.79 Å². The average molecular weight is 317 g/mol. The van der Waals surface area contributed by atoms with Crippen LogP contribution < -0.4 is 9.47 Å². The molecule has 0 radical (unpaired) electrons. The van der Waals surface area contributed by atoms with E-state index in [4.69, 9.17) is 9.47 Å². The minimum atomic E-state index is 0.255. The van der Waals surface area contributed by atoms with Crippen LogP contribution in [0.5, 0.6) is 11.5 Å². The van der Waals surface area contributed by atoms with Crippen LogP contribution in [0.4, 0.5) is 0 Å². The number of carbonyl (C=O) groups excluding carboxylic acids is 1. The van der Waals surface area contributed by atoms with Gasteiger partial charge in [0.1, 0.15) is 13.2 Å². The van der Waals surface area contributed by atoms with E-state index in [-0.39, 0.29) is 5.91 Å². The minimum absolute atomic E-state index is 0.255. The number of hydrogen-bond acceptors (Lipinski definition) is 3. The molecule has 4 heteroatoms. The lowest BCUT2D eigenvalue weighted by atomic mass is 9.90. The van der Waals surface area contributed by atoms with Crippen LogP contribution in [0.3, 0.4) is 0 Å². The van der Waals surface area contributed by atoms with Gasteiger partial charge in [0.2, 0.25) is 5.91 Å². The quantitative estimate of drug-likeness (QED) is 0.771. The number of ether oxygens (including phenoxy) is 2. The monoisotopic (exact) mass is 317 g/mol. The second-order valence-electron chi connectivity index (χ2n) is 6.72. The summed E-state index contributed by atoms with van der Waals surface area (Å²) in [4.78, 5) is 14.4. The van der Waals surface area contributed by atoms with Crippen molar-refractivity contribution in [3.05, 3.63) is 23.8 Å². The van der Waals surface area contributed by atoms with Crippen LogP contribution in [0.2, 0.25) is 0 Å². The molecule has 23 heavy (non-hydrogen) atoms. The van der Waals surface area contributed by atoms with Gasteiger partial charge in [-0.1, -0.05) is 19.4 Å². The van der Waals surface area contributed by atoms with E-state index in [1.807, 2.05) is 18.0 Å². The van der Waals surface area contributed by atoms with Gasteiger partial charge < -0.3 is 14.4 Å². The van der Waals surface area contributed by atoms with Crippen molar-refractivity contribution in [3.8, 4) is 11.5 Å². The van der Waals surface area contributed by atoms with Gasteiger partial charge in [-0.05, 0) is 48.8 Å². The van der Waals surface area contributed by atoms with Crippen LogP contribution in [0.25, 0.3) is 0 Å². The normalized spacial score (nSPS) is 17.7. The lowest BCUT2D eigenvalue weighted by Crippen LogP contribution is -2.29. The number of unbranched alkanes of at least 4 members (excludes halogenated alkanes) is 1. The summed E-state index contributed by atoms with van der Waals surface area (Å²) in [5.41, 5.74) is 1.22. The summed E-state index contributed by atoms with van der Waals surface area (Å²) >= 11 is 0. The highest BCUT2D eigenvalue weighted by atomic mass is 16.6. The summed E-state index contributed by atoms with van der Waals surface area (Å²) in [5, 5.41) is 0. The van der Waals surface area contributed by atoms with Gasteiger partial charge in [-0.15, -0.1) is 0 Å². The number of rotatable bonds is 7. The number of amides is 1. The van der Waals surface area contributed by atoms with E-state index >= 15 is 0 Å². The largest absolute Gasteiger partial charge is 0.486 e. The Morgan fingerprint density at radius 1 is 1.26 bits per heavy atom. The standard InChI is InChI=1S/C19H27NO3/c1-3-4-9-20(2)19(21)13-16(14-5-6-14)15-7-8-17-18(12-15)23-11-10-22-17/h7-8,12,14,16H,3-6,9-11,13H2,1-2H3. The van der Waals surface area contributed by atoms with E-state index in [0.717, 1.165) is 30.9 Å². The molecule has 1 aromatic rings. The molecule has 1 heterocycles. The van der Waals surface area contributed by atoms with Crippen LogP contribution in [0.1, 0.15) is 50.5 Å². The van der Waals surface area contributed by atoms with Crippen LogP contribution in [0, 0.1) is 5.92 Å². The Hall–Kier alpha value is -1.71. The third-order valence-corrected chi connectivity index (χ3v) is 4.85. The Morgan fingerprint density at radius 2 is 2.00 bits per heavy atom. The predicted molar refractivity (Wildman–Crippen MR) is 90.1 cm³/mol. The van der Waals surface area contributed by atoms with Gasteiger partial charge in [0, 0.05) is 20.0 Å². The zero-order valence-corrected chi connectivity index (χ0v) is 14.2. The maximum atomic E-state index is 12.5. The second-order valence-corrected chi connectivity index (χ2v) is 6.72. The molecule has 1 aliphatic heterocycles. The molecule has 1 atom stereocenters. The van der Waals surface area contributed by atoms with Gasteiger partial charge in [-0.25, -0.2) is 0 Å². The third kappa shape index (κ3) is 3.98. The molecule has 1 saturated carbocycles. The highest BCUT2D eigenvalue weighted by molar-refractivity contribution is 5.77. The Kier molecular flexibility index (Phi) is 5.09. The highest BCUT2D eigenvalue weighted by Gasteiger charge is 2.34. The average Bonchev–Trinajstić information content (AvgIpc) is 3.41. The van der Waals surface area contributed by atoms with Crippen molar-refractivity contribution in [1.29, 1.82) is 0 Å².